The number of nitrogens with one attached hydrogen (secondary N) is 3. The Hall–Kier alpha value is -4.29. The van der Waals surface area contributed by atoms with Crippen molar-refractivity contribution in [2.24, 2.45) is 4.99 Å². The van der Waals surface area contributed by atoms with E-state index in [1.807, 2.05) is 42.7 Å². The molecule has 174 valence electrons. The molecule has 0 fully saturated rings. The Bertz CT molecular complexity index is 1460. The van der Waals surface area contributed by atoms with Crippen LogP contribution in [0, 0.1) is 6.92 Å². The van der Waals surface area contributed by atoms with Gasteiger partial charge in [-0.25, -0.2) is 0 Å². The molecule has 0 aliphatic carbocycles. The normalized spacial score (nSPS) is 11.0. The van der Waals surface area contributed by atoms with Crippen molar-refractivity contribution in [3.05, 3.63) is 108 Å². The van der Waals surface area contributed by atoms with Crippen molar-refractivity contribution in [2.45, 2.75) is 26.6 Å². The second kappa shape index (κ2) is 10.3. The van der Waals surface area contributed by atoms with E-state index in [0.717, 1.165) is 52.2 Å². The van der Waals surface area contributed by atoms with Crippen molar-refractivity contribution in [3.63, 3.8) is 0 Å². The Morgan fingerprint density at radius 1 is 0.914 bits per heavy atom. The first-order valence-electron chi connectivity index (χ1n) is 11.7. The fourth-order valence-corrected chi connectivity index (χ4v) is 4.29. The van der Waals surface area contributed by atoms with Gasteiger partial charge in [0.2, 0.25) is 0 Å². The Balaban J connectivity index is 1.36. The number of aliphatic imine (C=N–C) groups is 1. The number of hydrogen-bond acceptors (Lipinski definition) is 5. The standard InChI is InChI=1S/C29H28N6/c1-20-23(16-31-15-21-8-4-3-5-9-21)17-32-18-25(20)22-12-13-26-24(14-22)29(35-34-26)19-33-28-11-7-6-10-27(28)30-2/h3-14,17-18,31,33H,2,15-16,19H2,1H3,(H,34,35). The molecule has 0 amide bonds. The van der Waals surface area contributed by atoms with Crippen molar-refractivity contribution >= 4 is 29.0 Å². The summed E-state index contributed by atoms with van der Waals surface area (Å²) in [6, 6.07) is 24.7. The number of hydrogen-bond donors (Lipinski definition) is 3. The summed E-state index contributed by atoms with van der Waals surface area (Å²) in [5.41, 5.74) is 9.69. The Morgan fingerprint density at radius 2 is 1.74 bits per heavy atom. The smallest absolute Gasteiger partial charge is 0.0924 e. The van der Waals surface area contributed by atoms with Crippen LogP contribution in [-0.2, 0) is 19.6 Å². The minimum atomic E-state index is 0.604. The maximum absolute atomic E-state index is 4.54. The van der Waals surface area contributed by atoms with Crippen LogP contribution in [0.25, 0.3) is 22.0 Å². The molecule has 0 aliphatic rings. The highest BCUT2D eigenvalue weighted by atomic mass is 15.1. The summed E-state index contributed by atoms with van der Waals surface area (Å²) >= 11 is 0. The monoisotopic (exact) mass is 460 g/mol. The first-order valence-corrected chi connectivity index (χ1v) is 11.7. The van der Waals surface area contributed by atoms with E-state index in [0.29, 0.717) is 6.54 Å². The summed E-state index contributed by atoms with van der Waals surface area (Å²) in [5, 5.41) is 15.8. The zero-order chi connectivity index (χ0) is 24.0. The second-order valence-corrected chi connectivity index (χ2v) is 8.52. The van der Waals surface area contributed by atoms with Gasteiger partial charge in [-0.2, -0.15) is 5.10 Å². The van der Waals surface area contributed by atoms with Crippen molar-refractivity contribution in [2.75, 3.05) is 5.32 Å². The summed E-state index contributed by atoms with van der Waals surface area (Å²) in [5.74, 6) is 0. The van der Waals surface area contributed by atoms with Crippen molar-refractivity contribution in [3.8, 4) is 11.1 Å². The fraction of sp³-hybridized carbons (Fsp3) is 0.138. The van der Waals surface area contributed by atoms with Gasteiger partial charge in [-0.15, -0.1) is 0 Å². The molecule has 35 heavy (non-hydrogen) atoms. The fourth-order valence-electron chi connectivity index (χ4n) is 4.29. The zero-order valence-electron chi connectivity index (χ0n) is 19.8. The predicted molar refractivity (Wildman–Crippen MR) is 144 cm³/mol. The average molecular weight is 461 g/mol. The third-order valence-corrected chi connectivity index (χ3v) is 6.28. The van der Waals surface area contributed by atoms with Gasteiger partial charge in [0.1, 0.15) is 0 Å². The summed E-state index contributed by atoms with van der Waals surface area (Å²) in [6.45, 7) is 8.02. The van der Waals surface area contributed by atoms with Crippen LogP contribution in [0.3, 0.4) is 0 Å². The molecular formula is C29H28N6. The van der Waals surface area contributed by atoms with E-state index < -0.39 is 0 Å². The van der Waals surface area contributed by atoms with Gasteiger partial charge < -0.3 is 10.6 Å². The minimum Gasteiger partial charge on any atom is -0.378 e. The average Bonchev–Trinajstić information content (AvgIpc) is 3.31. The van der Waals surface area contributed by atoms with Gasteiger partial charge in [0.25, 0.3) is 0 Å². The topological polar surface area (TPSA) is 78.0 Å². The highest BCUT2D eigenvalue weighted by Gasteiger charge is 2.12. The highest BCUT2D eigenvalue weighted by Crippen LogP contribution is 2.30. The number of H-pyrrole nitrogens is 1. The lowest BCUT2D eigenvalue weighted by atomic mass is 9.98. The lowest BCUT2D eigenvalue weighted by Crippen LogP contribution is -2.14. The number of benzene rings is 3. The van der Waals surface area contributed by atoms with E-state index in [1.54, 1.807) is 0 Å². The number of aromatic amines is 1. The van der Waals surface area contributed by atoms with Crippen LogP contribution < -0.4 is 10.6 Å². The second-order valence-electron chi connectivity index (χ2n) is 8.52. The van der Waals surface area contributed by atoms with Gasteiger partial charge in [0.15, 0.2) is 0 Å². The van der Waals surface area contributed by atoms with Gasteiger partial charge in [0.05, 0.1) is 29.1 Å². The molecule has 0 aliphatic heterocycles. The molecule has 0 unspecified atom stereocenters. The molecule has 2 aromatic heterocycles. The lowest BCUT2D eigenvalue weighted by molar-refractivity contribution is 0.689. The SMILES string of the molecule is C=Nc1ccccc1NCc1[nH]nc2ccc(-c3cncc(CNCc4ccccc4)c3C)cc12. The Labute approximate surface area is 205 Å². The van der Waals surface area contributed by atoms with Crippen LogP contribution in [0.1, 0.15) is 22.4 Å². The quantitative estimate of drug-likeness (QED) is 0.230. The maximum Gasteiger partial charge on any atom is 0.0924 e. The third-order valence-electron chi connectivity index (χ3n) is 6.28. The molecule has 3 N–H and O–H groups in total. The Morgan fingerprint density at radius 3 is 2.60 bits per heavy atom. The number of pyridine rings is 1. The van der Waals surface area contributed by atoms with Crippen LogP contribution in [-0.4, -0.2) is 21.9 Å². The van der Waals surface area contributed by atoms with Crippen molar-refractivity contribution in [1.82, 2.24) is 20.5 Å². The van der Waals surface area contributed by atoms with Gasteiger partial charge >= 0.3 is 0 Å². The van der Waals surface area contributed by atoms with E-state index in [4.69, 9.17) is 0 Å². The van der Waals surface area contributed by atoms with Crippen molar-refractivity contribution in [1.29, 1.82) is 0 Å². The largest absolute Gasteiger partial charge is 0.378 e. The van der Waals surface area contributed by atoms with E-state index in [9.17, 15) is 0 Å². The molecule has 0 atom stereocenters. The molecule has 6 nitrogen and oxygen atoms in total. The molecule has 5 rings (SSSR count). The van der Waals surface area contributed by atoms with Crippen LogP contribution in [0.15, 0.2) is 90.2 Å². The van der Waals surface area contributed by atoms with Crippen LogP contribution in [0.2, 0.25) is 0 Å². The summed E-state index contributed by atoms with van der Waals surface area (Å²) in [7, 11) is 0. The van der Waals surface area contributed by atoms with E-state index in [1.165, 1.54) is 16.7 Å². The van der Waals surface area contributed by atoms with Crippen LogP contribution in [0.5, 0.6) is 0 Å². The third kappa shape index (κ3) is 4.98. The number of para-hydroxylation sites is 2. The maximum atomic E-state index is 4.54. The molecule has 0 bridgehead atoms. The van der Waals surface area contributed by atoms with E-state index in [-0.39, 0.29) is 0 Å². The van der Waals surface area contributed by atoms with Gasteiger partial charge in [-0.1, -0.05) is 48.5 Å². The van der Waals surface area contributed by atoms with Gasteiger partial charge in [-0.05, 0) is 60.2 Å². The first kappa shape index (κ1) is 22.5. The Kier molecular flexibility index (Phi) is 6.63. The van der Waals surface area contributed by atoms with E-state index in [2.05, 4.69) is 86.9 Å². The summed E-state index contributed by atoms with van der Waals surface area (Å²) in [6.07, 6.45) is 3.90. The highest BCUT2D eigenvalue weighted by molar-refractivity contribution is 5.87. The molecular weight excluding hydrogens is 432 g/mol. The van der Waals surface area contributed by atoms with Crippen LogP contribution in [0.4, 0.5) is 11.4 Å². The summed E-state index contributed by atoms with van der Waals surface area (Å²) in [4.78, 5) is 8.63. The number of nitrogens with zero attached hydrogens (tertiary/aromatic N) is 3. The molecule has 5 aromatic rings. The molecule has 3 aromatic carbocycles. The number of rotatable bonds is 9. The lowest BCUT2D eigenvalue weighted by Gasteiger charge is -2.12. The minimum absolute atomic E-state index is 0.604. The van der Waals surface area contributed by atoms with Gasteiger partial charge in [0, 0.05) is 36.4 Å². The first-order chi connectivity index (χ1) is 17.2. The van der Waals surface area contributed by atoms with Gasteiger partial charge in [-0.3, -0.25) is 15.1 Å². The number of aromatic nitrogens is 3. The molecule has 0 spiro atoms. The predicted octanol–water partition coefficient (Wildman–Crippen LogP) is 6.17. The molecule has 0 saturated heterocycles. The molecule has 2 heterocycles. The number of fused-ring (bicyclic) bond motifs is 1. The molecule has 6 heteroatoms. The number of anilines is 1. The molecule has 0 saturated carbocycles. The zero-order valence-corrected chi connectivity index (χ0v) is 19.8. The van der Waals surface area contributed by atoms with E-state index >= 15 is 0 Å². The van der Waals surface area contributed by atoms with Crippen molar-refractivity contribution < 1.29 is 0 Å². The summed E-state index contributed by atoms with van der Waals surface area (Å²) < 4.78 is 0. The molecule has 0 radical (unpaired) electrons. The van der Waals surface area contributed by atoms with Crippen LogP contribution >= 0.6 is 0 Å².